The van der Waals surface area contributed by atoms with Crippen LogP contribution in [0.15, 0.2) is 48.7 Å². The second kappa shape index (κ2) is 8.80. The predicted octanol–water partition coefficient (Wildman–Crippen LogP) is 4.79. The predicted molar refractivity (Wildman–Crippen MR) is 124 cm³/mol. The molecule has 5 heteroatoms. The lowest BCUT2D eigenvalue weighted by atomic mass is 9.59. The van der Waals surface area contributed by atoms with Gasteiger partial charge in [-0.1, -0.05) is 50.6 Å². The maximum Gasteiger partial charge on any atom is 0.338 e. The van der Waals surface area contributed by atoms with Gasteiger partial charge in [-0.15, -0.1) is 0 Å². The molecule has 1 aliphatic heterocycles. The number of rotatable bonds is 5. The van der Waals surface area contributed by atoms with Gasteiger partial charge in [0.1, 0.15) is 6.10 Å². The highest BCUT2D eigenvalue weighted by Crippen LogP contribution is 2.52. The van der Waals surface area contributed by atoms with Crippen molar-refractivity contribution >= 4 is 12.0 Å². The molecule has 2 aromatic rings. The molecular formula is C27H33NO4. The maximum absolute atomic E-state index is 12.4. The van der Waals surface area contributed by atoms with Crippen LogP contribution in [0.4, 0.5) is 0 Å². The molecule has 1 saturated carbocycles. The van der Waals surface area contributed by atoms with E-state index in [9.17, 15) is 15.0 Å². The summed E-state index contributed by atoms with van der Waals surface area (Å²) in [5, 5.41) is 21.0. The summed E-state index contributed by atoms with van der Waals surface area (Å²) in [6, 6.07) is 11.8. The molecule has 2 heterocycles. The summed E-state index contributed by atoms with van der Waals surface area (Å²) < 4.78 is 5.47. The summed E-state index contributed by atoms with van der Waals surface area (Å²) in [4.78, 5) is 17.0. The monoisotopic (exact) mass is 435 g/mol. The topological polar surface area (TPSA) is 79.7 Å². The molecule has 0 amide bonds. The van der Waals surface area contributed by atoms with Crippen LogP contribution in [0.25, 0.3) is 17.2 Å². The standard InChI is InChI=1S/C27H33NO4/c1-5-23-16(2)14-27(31)25(18(4)32-26(27)30)24(23)12-11-22-10-9-21(15-28-22)20-8-6-7-19(13-20)17(3)29/h6-13,15-18,23-25,29,31H,5,14H2,1-4H3/b12-11+/t16?,17?,18-,23?,24?,25?,27?/m1/s1. The van der Waals surface area contributed by atoms with Crippen LogP contribution in [0.5, 0.6) is 0 Å². The lowest BCUT2D eigenvalue weighted by Gasteiger charge is -2.45. The van der Waals surface area contributed by atoms with E-state index in [4.69, 9.17) is 4.74 Å². The van der Waals surface area contributed by atoms with Crippen LogP contribution in [-0.2, 0) is 9.53 Å². The molecule has 4 rings (SSSR count). The molecule has 7 atom stereocenters. The summed E-state index contributed by atoms with van der Waals surface area (Å²) in [5.74, 6) is -0.0766. The SMILES string of the molecule is CCC1C(C)CC2(O)C(=O)O[C@H](C)C2C1/C=C/c1ccc(-c2cccc(C(C)O)c2)cn1. The van der Waals surface area contributed by atoms with Gasteiger partial charge in [-0.2, -0.15) is 0 Å². The number of allylic oxidation sites excluding steroid dienone is 1. The highest BCUT2D eigenvalue weighted by atomic mass is 16.6. The van der Waals surface area contributed by atoms with Crippen molar-refractivity contribution in [3.8, 4) is 11.1 Å². The lowest BCUT2D eigenvalue weighted by Crippen LogP contribution is -2.53. The van der Waals surface area contributed by atoms with Crippen LogP contribution in [0, 0.1) is 23.7 Å². The number of cyclic esters (lactones) is 1. The fourth-order valence-corrected chi connectivity index (χ4v) is 5.81. The summed E-state index contributed by atoms with van der Waals surface area (Å²) in [6.07, 6.45) is 6.58. The Morgan fingerprint density at radius 3 is 2.69 bits per heavy atom. The molecule has 2 N–H and O–H groups in total. The average Bonchev–Trinajstić information content (AvgIpc) is 2.99. The summed E-state index contributed by atoms with van der Waals surface area (Å²) in [6.45, 7) is 7.93. The van der Waals surface area contributed by atoms with Crippen molar-refractivity contribution in [3.63, 3.8) is 0 Å². The number of esters is 1. The number of pyridine rings is 1. The van der Waals surface area contributed by atoms with Gasteiger partial charge in [-0.3, -0.25) is 4.98 Å². The third-order valence-electron chi connectivity index (χ3n) is 7.43. The number of benzene rings is 1. The number of carbonyl (C=O) groups excluding carboxylic acids is 1. The number of ether oxygens (including phenoxy) is 1. The number of aliphatic hydroxyl groups is 2. The minimum Gasteiger partial charge on any atom is -0.460 e. The normalized spacial score (nSPS) is 33.2. The molecule has 1 aliphatic carbocycles. The van der Waals surface area contributed by atoms with Crippen molar-refractivity contribution in [1.82, 2.24) is 4.98 Å². The van der Waals surface area contributed by atoms with E-state index in [1.807, 2.05) is 55.6 Å². The van der Waals surface area contributed by atoms with Gasteiger partial charge in [0.25, 0.3) is 0 Å². The minimum atomic E-state index is -1.40. The van der Waals surface area contributed by atoms with Crippen molar-refractivity contribution in [1.29, 1.82) is 0 Å². The zero-order valence-electron chi connectivity index (χ0n) is 19.2. The van der Waals surface area contributed by atoms with Crippen LogP contribution < -0.4 is 0 Å². The molecular weight excluding hydrogens is 402 g/mol. The van der Waals surface area contributed by atoms with Gasteiger partial charge >= 0.3 is 5.97 Å². The van der Waals surface area contributed by atoms with E-state index in [0.717, 1.165) is 28.8 Å². The van der Waals surface area contributed by atoms with Gasteiger partial charge in [0.05, 0.1) is 11.8 Å². The largest absolute Gasteiger partial charge is 0.460 e. The van der Waals surface area contributed by atoms with Gasteiger partial charge in [0, 0.05) is 17.7 Å². The third-order valence-corrected chi connectivity index (χ3v) is 7.43. The second-order valence-corrected chi connectivity index (χ2v) is 9.52. The van der Waals surface area contributed by atoms with Crippen LogP contribution in [-0.4, -0.2) is 32.9 Å². The van der Waals surface area contributed by atoms with Crippen LogP contribution in [0.2, 0.25) is 0 Å². The van der Waals surface area contributed by atoms with E-state index in [2.05, 4.69) is 24.9 Å². The number of fused-ring (bicyclic) bond motifs is 1. The Bertz CT molecular complexity index is 999. The molecule has 0 bridgehead atoms. The first-order valence-corrected chi connectivity index (χ1v) is 11.6. The van der Waals surface area contributed by atoms with Crippen molar-refractivity contribution in [2.45, 2.75) is 58.3 Å². The number of aliphatic hydroxyl groups excluding tert-OH is 1. The summed E-state index contributed by atoms with van der Waals surface area (Å²) in [5.41, 5.74) is 2.30. The molecule has 6 unspecified atom stereocenters. The molecule has 2 aliphatic rings. The Morgan fingerprint density at radius 2 is 2.03 bits per heavy atom. The quantitative estimate of drug-likeness (QED) is 0.660. The number of aromatic nitrogens is 1. The Morgan fingerprint density at radius 1 is 1.25 bits per heavy atom. The molecule has 0 radical (unpaired) electrons. The van der Waals surface area contributed by atoms with Gasteiger partial charge in [0.2, 0.25) is 0 Å². The van der Waals surface area contributed by atoms with Gasteiger partial charge < -0.3 is 14.9 Å². The van der Waals surface area contributed by atoms with Crippen molar-refractivity contribution in [3.05, 3.63) is 59.9 Å². The summed E-state index contributed by atoms with van der Waals surface area (Å²) >= 11 is 0. The number of carbonyl (C=O) groups is 1. The van der Waals surface area contributed by atoms with Gasteiger partial charge in [-0.05, 0) is 67.4 Å². The fraction of sp³-hybridized carbons (Fsp3) is 0.481. The van der Waals surface area contributed by atoms with Crippen LogP contribution >= 0.6 is 0 Å². The average molecular weight is 436 g/mol. The molecule has 32 heavy (non-hydrogen) atoms. The molecule has 1 aromatic carbocycles. The van der Waals surface area contributed by atoms with Crippen molar-refractivity contribution in [2.24, 2.45) is 23.7 Å². The minimum absolute atomic E-state index is 0.0411. The zero-order valence-corrected chi connectivity index (χ0v) is 19.2. The smallest absolute Gasteiger partial charge is 0.338 e. The molecule has 170 valence electrons. The van der Waals surface area contributed by atoms with E-state index < -0.39 is 17.7 Å². The van der Waals surface area contributed by atoms with Crippen LogP contribution in [0.3, 0.4) is 0 Å². The van der Waals surface area contributed by atoms with E-state index in [1.54, 1.807) is 6.92 Å². The molecule has 1 aromatic heterocycles. The molecule has 5 nitrogen and oxygen atoms in total. The number of nitrogens with zero attached hydrogens (tertiary/aromatic N) is 1. The maximum atomic E-state index is 12.4. The van der Waals surface area contributed by atoms with Gasteiger partial charge in [-0.25, -0.2) is 4.79 Å². The van der Waals surface area contributed by atoms with Crippen molar-refractivity contribution in [2.75, 3.05) is 0 Å². The Labute approximate surface area is 190 Å². The Kier molecular flexibility index (Phi) is 6.24. The molecule has 2 fully saturated rings. The van der Waals surface area contributed by atoms with Crippen LogP contribution in [0.1, 0.15) is 57.9 Å². The summed E-state index contributed by atoms with van der Waals surface area (Å²) in [7, 11) is 0. The van der Waals surface area contributed by atoms with Crippen molar-refractivity contribution < 1.29 is 19.7 Å². The Hall–Kier alpha value is -2.50. The Balaban J connectivity index is 1.59. The zero-order chi connectivity index (χ0) is 23.0. The van der Waals surface area contributed by atoms with E-state index >= 15 is 0 Å². The molecule has 1 saturated heterocycles. The first-order valence-electron chi connectivity index (χ1n) is 11.6. The van der Waals surface area contributed by atoms with E-state index in [1.165, 1.54) is 0 Å². The van der Waals surface area contributed by atoms with E-state index in [-0.39, 0.29) is 23.9 Å². The fourth-order valence-electron chi connectivity index (χ4n) is 5.81. The number of hydrogen-bond acceptors (Lipinski definition) is 5. The van der Waals surface area contributed by atoms with E-state index in [0.29, 0.717) is 12.3 Å². The highest BCUT2D eigenvalue weighted by Gasteiger charge is 2.62. The van der Waals surface area contributed by atoms with Gasteiger partial charge in [0.15, 0.2) is 5.60 Å². The first kappa shape index (κ1) is 22.7. The highest BCUT2D eigenvalue weighted by molar-refractivity contribution is 5.82. The molecule has 0 spiro atoms. The number of hydrogen-bond donors (Lipinski definition) is 2. The third kappa shape index (κ3) is 4.00. The second-order valence-electron chi connectivity index (χ2n) is 9.52. The first-order chi connectivity index (χ1) is 15.2. The lowest BCUT2D eigenvalue weighted by molar-refractivity contribution is -0.160.